The summed E-state index contributed by atoms with van der Waals surface area (Å²) in [4.78, 5) is 1.29. The number of aliphatic hydroxyl groups is 1. The van der Waals surface area contributed by atoms with Crippen LogP contribution < -0.4 is 10.5 Å². The molecule has 0 spiro atoms. The van der Waals surface area contributed by atoms with Gasteiger partial charge < -0.3 is 15.4 Å². The third-order valence-corrected chi connectivity index (χ3v) is 2.43. The zero-order valence-electron chi connectivity index (χ0n) is 8.24. The van der Waals surface area contributed by atoms with E-state index in [0.717, 1.165) is 25.7 Å². The highest BCUT2D eigenvalue weighted by atomic mass is 35.5. The van der Waals surface area contributed by atoms with Gasteiger partial charge in [0.15, 0.2) is 0 Å². The number of hydrogen-bond acceptors (Lipinski definition) is 4. The lowest BCUT2D eigenvalue weighted by Gasteiger charge is -2.27. The Balaban J connectivity index is 0.00000112. The number of hydrogen-bond donors (Lipinski definition) is 2. The molecule has 1 fully saturated rings. The predicted octanol–water partition coefficient (Wildman–Crippen LogP) is 0.406. The number of nitrogen functional groups attached to an aromatic ring is 1. The molecule has 0 saturated heterocycles. The van der Waals surface area contributed by atoms with Gasteiger partial charge in [-0.1, -0.05) is 17.6 Å². The fourth-order valence-corrected chi connectivity index (χ4v) is 1.68. The number of aromatic nitrogens is 2. The van der Waals surface area contributed by atoms with E-state index >= 15 is 0 Å². The van der Waals surface area contributed by atoms with Gasteiger partial charge in [0.2, 0.25) is 0 Å². The van der Waals surface area contributed by atoms with Gasteiger partial charge in [-0.05, 0) is 18.1 Å². The molecule has 1 aromatic heterocycles. The first-order valence-electron chi connectivity index (χ1n) is 4.79. The Kier molecular flexibility index (Phi) is 4.16. The van der Waals surface area contributed by atoms with Crippen molar-refractivity contribution in [3.05, 3.63) is 11.6 Å². The molecule has 2 rings (SSSR count). The number of halogens is 1. The van der Waals surface area contributed by atoms with Crippen LogP contribution in [0.2, 0.25) is 0 Å². The molecule has 7 heteroatoms. The van der Waals surface area contributed by atoms with E-state index in [1.807, 2.05) is 0 Å². The van der Waals surface area contributed by atoms with Crippen molar-refractivity contribution < 1.29 is 14.4 Å². The molecule has 2 unspecified atom stereocenters. The first-order chi connectivity index (χ1) is 6.75. The first kappa shape index (κ1) is 12.1. The second kappa shape index (κ2) is 5.18. The Hall–Kier alpha value is -1.01. The van der Waals surface area contributed by atoms with Gasteiger partial charge in [0.05, 0.1) is 6.10 Å². The summed E-state index contributed by atoms with van der Waals surface area (Å²) in [5.74, 6) is 0.221. The fourth-order valence-electron chi connectivity index (χ4n) is 1.68. The molecular weight excluding hydrogens is 220 g/mol. The van der Waals surface area contributed by atoms with Crippen molar-refractivity contribution in [3.63, 3.8) is 0 Å². The van der Waals surface area contributed by atoms with Crippen LogP contribution in [0.3, 0.4) is 0 Å². The lowest BCUT2D eigenvalue weighted by Crippen LogP contribution is -2.41. The molecule has 0 bridgehead atoms. The quantitative estimate of drug-likeness (QED) is 0.725. The van der Waals surface area contributed by atoms with E-state index < -0.39 is 0 Å². The van der Waals surface area contributed by atoms with Crippen molar-refractivity contribution in [2.75, 3.05) is 5.73 Å². The minimum atomic E-state index is -0.367. The average molecular weight is 235 g/mol. The maximum absolute atomic E-state index is 9.64. The predicted molar refractivity (Wildman–Crippen MR) is 55.4 cm³/mol. The molecule has 1 aliphatic carbocycles. The Morgan fingerprint density at radius 3 is 2.87 bits per heavy atom. The minimum Gasteiger partial charge on any atom is -0.393 e. The molecule has 1 heterocycles. The number of aliphatic hydroxyl groups excluding tert-OH is 1. The zero-order chi connectivity index (χ0) is 9.97. The largest absolute Gasteiger partial charge is 0.393 e. The van der Waals surface area contributed by atoms with Crippen LogP contribution in [0, 0.1) is 0 Å². The second-order valence-electron chi connectivity index (χ2n) is 3.56. The minimum absolute atomic E-state index is 0. The number of nitrogens with two attached hydrogens (primary N) is 1. The summed E-state index contributed by atoms with van der Waals surface area (Å²) in [5, 5.41) is 13.2. The Morgan fingerprint density at radius 2 is 2.27 bits per heavy atom. The number of rotatable bonds is 2. The molecular formula is C8H15ClN4O2. The first-order valence-corrected chi connectivity index (χ1v) is 4.79. The molecule has 0 radical (unpaired) electrons. The summed E-state index contributed by atoms with van der Waals surface area (Å²) >= 11 is 0. The summed E-state index contributed by atoms with van der Waals surface area (Å²) in [6, 6.07) is -0.0850. The topological polar surface area (TPSA) is 90.3 Å². The van der Waals surface area contributed by atoms with Gasteiger partial charge >= 0.3 is 0 Å². The van der Waals surface area contributed by atoms with Gasteiger partial charge in [0.1, 0.15) is 0 Å². The van der Waals surface area contributed by atoms with E-state index in [-0.39, 0.29) is 30.4 Å². The van der Waals surface area contributed by atoms with E-state index in [2.05, 4.69) is 15.2 Å². The van der Waals surface area contributed by atoms with Crippen LogP contribution in [-0.2, 0) is 0 Å². The van der Waals surface area contributed by atoms with E-state index in [9.17, 15) is 5.11 Å². The van der Waals surface area contributed by atoms with Crippen LogP contribution in [0.25, 0.3) is 5.43 Å². The van der Waals surface area contributed by atoms with E-state index in [1.165, 1.54) is 11.0 Å². The average Bonchev–Trinajstić information content (AvgIpc) is 2.56. The molecule has 3 N–H and O–H groups in total. The standard InChI is InChI=1S/C8H14N4O2.ClH/c9-8-5-12(11-14-8)10-6-3-1-2-4-7(6)13;/h5-7,13H,1-4,9H2;1H. The SMILES string of the molecule is Cl.Nc1c[n+]([N-]C2CCCCC2O)no1. The highest BCUT2D eigenvalue weighted by molar-refractivity contribution is 5.85. The molecule has 6 nitrogen and oxygen atoms in total. The van der Waals surface area contributed by atoms with Crippen molar-refractivity contribution in [3.8, 4) is 0 Å². The molecule has 86 valence electrons. The van der Waals surface area contributed by atoms with Crippen molar-refractivity contribution in [2.45, 2.75) is 37.8 Å². The number of nitrogens with zero attached hydrogens (tertiary/aromatic N) is 3. The summed E-state index contributed by atoms with van der Waals surface area (Å²) in [6.07, 6.45) is 4.98. The van der Waals surface area contributed by atoms with Gasteiger partial charge in [-0.2, -0.15) is 0 Å². The smallest absolute Gasteiger partial charge is 0.265 e. The third kappa shape index (κ3) is 2.97. The summed E-state index contributed by atoms with van der Waals surface area (Å²) in [6.45, 7) is 0. The van der Waals surface area contributed by atoms with Gasteiger partial charge in [0.25, 0.3) is 12.1 Å². The van der Waals surface area contributed by atoms with Crippen LogP contribution in [0.15, 0.2) is 10.7 Å². The molecule has 2 atom stereocenters. The van der Waals surface area contributed by atoms with Gasteiger partial charge in [0, 0.05) is 6.04 Å². The van der Waals surface area contributed by atoms with Crippen molar-refractivity contribution in [2.24, 2.45) is 0 Å². The molecule has 0 aromatic carbocycles. The normalized spacial score (nSPS) is 25.7. The fraction of sp³-hybridized carbons (Fsp3) is 0.750. The van der Waals surface area contributed by atoms with Crippen LogP contribution >= 0.6 is 12.4 Å². The van der Waals surface area contributed by atoms with Crippen LogP contribution in [0.5, 0.6) is 0 Å². The van der Waals surface area contributed by atoms with E-state index in [4.69, 9.17) is 5.73 Å². The lowest BCUT2D eigenvalue weighted by molar-refractivity contribution is -0.700. The molecule has 15 heavy (non-hydrogen) atoms. The molecule has 1 saturated carbocycles. The zero-order valence-corrected chi connectivity index (χ0v) is 9.06. The highest BCUT2D eigenvalue weighted by Gasteiger charge is 2.23. The maximum Gasteiger partial charge on any atom is 0.265 e. The number of anilines is 1. The van der Waals surface area contributed by atoms with Crippen LogP contribution in [-0.4, -0.2) is 22.5 Å². The van der Waals surface area contributed by atoms with Crippen molar-refractivity contribution in [1.29, 1.82) is 0 Å². The van der Waals surface area contributed by atoms with Gasteiger partial charge in [-0.25, -0.2) is 5.43 Å². The molecule has 1 aromatic rings. The Labute approximate surface area is 93.8 Å². The third-order valence-electron chi connectivity index (χ3n) is 2.43. The van der Waals surface area contributed by atoms with Gasteiger partial charge in [-0.15, -0.1) is 12.4 Å². The van der Waals surface area contributed by atoms with Crippen molar-refractivity contribution >= 4 is 18.3 Å². The van der Waals surface area contributed by atoms with Gasteiger partial charge in [-0.3, -0.25) is 0 Å². The summed E-state index contributed by atoms with van der Waals surface area (Å²) in [7, 11) is 0. The Morgan fingerprint density at radius 1 is 1.53 bits per heavy atom. The van der Waals surface area contributed by atoms with Crippen LogP contribution in [0.1, 0.15) is 25.7 Å². The maximum atomic E-state index is 9.64. The molecule has 1 aliphatic rings. The van der Waals surface area contributed by atoms with E-state index in [1.54, 1.807) is 0 Å². The monoisotopic (exact) mass is 234 g/mol. The Bertz CT molecular complexity index is 307. The van der Waals surface area contributed by atoms with E-state index in [0.29, 0.717) is 0 Å². The lowest BCUT2D eigenvalue weighted by atomic mass is 9.93. The van der Waals surface area contributed by atoms with Crippen molar-refractivity contribution in [1.82, 2.24) is 5.27 Å². The highest BCUT2D eigenvalue weighted by Crippen LogP contribution is 2.22. The summed E-state index contributed by atoms with van der Waals surface area (Å²) < 4.78 is 4.66. The summed E-state index contributed by atoms with van der Waals surface area (Å²) in [5.41, 5.74) is 9.55. The molecule has 0 amide bonds. The second-order valence-corrected chi connectivity index (χ2v) is 3.56. The van der Waals surface area contributed by atoms with Crippen LogP contribution in [0.4, 0.5) is 5.88 Å². The molecule has 0 aliphatic heterocycles.